The van der Waals surface area contributed by atoms with Crippen LogP contribution in [0, 0.1) is 11.8 Å². The molecule has 0 radical (unpaired) electrons. The van der Waals surface area contributed by atoms with Gasteiger partial charge in [-0.1, -0.05) is 36.2 Å². The second kappa shape index (κ2) is 6.98. The van der Waals surface area contributed by atoms with E-state index in [0.29, 0.717) is 22.9 Å². The summed E-state index contributed by atoms with van der Waals surface area (Å²) in [5.41, 5.74) is 6.31. The Balaban J connectivity index is 2.70. The van der Waals surface area contributed by atoms with Crippen LogP contribution in [-0.4, -0.2) is 17.6 Å². The van der Waals surface area contributed by atoms with Gasteiger partial charge in [-0.15, -0.1) is 0 Å². The van der Waals surface area contributed by atoms with Crippen LogP contribution in [0.1, 0.15) is 18.9 Å². The average molecular weight is 290 g/mol. The number of halogens is 2. The Bertz CT molecular complexity index is 403. The number of nitrogens with two attached hydrogens (primary N) is 1. The van der Waals surface area contributed by atoms with Gasteiger partial charge < -0.3 is 10.8 Å². The van der Waals surface area contributed by atoms with Crippen molar-refractivity contribution in [1.29, 1.82) is 0 Å². The third-order valence-corrected chi connectivity index (χ3v) is 3.64. The van der Waals surface area contributed by atoms with Gasteiger partial charge in [0.05, 0.1) is 5.92 Å². The zero-order valence-electron chi connectivity index (χ0n) is 10.2. The summed E-state index contributed by atoms with van der Waals surface area (Å²) in [6.07, 6.45) is 1.18. The normalized spacial score (nSPS) is 14.2. The zero-order chi connectivity index (χ0) is 13.7. The zero-order valence-corrected chi connectivity index (χ0v) is 11.7. The highest BCUT2D eigenvalue weighted by atomic mass is 35.5. The maximum absolute atomic E-state index is 10.9. The Morgan fingerprint density at radius 3 is 2.39 bits per heavy atom. The molecule has 0 fully saturated rings. The first-order valence-electron chi connectivity index (χ1n) is 5.81. The molecule has 0 heterocycles. The molecule has 3 nitrogen and oxygen atoms in total. The van der Waals surface area contributed by atoms with Gasteiger partial charge in [0, 0.05) is 16.6 Å². The van der Waals surface area contributed by atoms with E-state index in [4.69, 9.17) is 34.0 Å². The summed E-state index contributed by atoms with van der Waals surface area (Å²) in [7, 11) is 0. The molecule has 0 amide bonds. The van der Waals surface area contributed by atoms with Crippen molar-refractivity contribution in [2.45, 2.75) is 19.8 Å². The molecule has 0 saturated carbocycles. The van der Waals surface area contributed by atoms with Crippen LogP contribution in [0.4, 0.5) is 0 Å². The van der Waals surface area contributed by atoms with Crippen LogP contribution < -0.4 is 5.73 Å². The summed E-state index contributed by atoms with van der Waals surface area (Å²) in [4.78, 5) is 10.9. The molecule has 1 aromatic carbocycles. The molecule has 5 heteroatoms. The van der Waals surface area contributed by atoms with Crippen LogP contribution in [-0.2, 0) is 11.2 Å². The fourth-order valence-electron chi connectivity index (χ4n) is 1.94. The van der Waals surface area contributed by atoms with E-state index < -0.39 is 11.9 Å². The van der Waals surface area contributed by atoms with E-state index >= 15 is 0 Å². The minimum Gasteiger partial charge on any atom is -0.481 e. The summed E-state index contributed by atoms with van der Waals surface area (Å²) in [6.45, 7) is 2.13. The van der Waals surface area contributed by atoms with Crippen molar-refractivity contribution in [2.24, 2.45) is 17.6 Å². The van der Waals surface area contributed by atoms with E-state index in [-0.39, 0.29) is 12.5 Å². The Hall–Kier alpha value is -0.770. The molecule has 0 spiro atoms. The van der Waals surface area contributed by atoms with Crippen LogP contribution in [0.2, 0.25) is 10.0 Å². The van der Waals surface area contributed by atoms with Gasteiger partial charge in [-0.05, 0) is 36.5 Å². The van der Waals surface area contributed by atoms with E-state index in [2.05, 4.69) is 0 Å². The van der Waals surface area contributed by atoms with E-state index in [1.54, 1.807) is 18.2 Å². The topological polar surface area (TPSA) is 63.3 Å². The Kier molecular flexibility index (Phi) is 5.93. The molecule has 1 rings (SSSR count). The molecule has 2 unspecified atom stereocenters. The van der Waals surface area contributed by atoms with Crippen LogP contribution in [0.15, 0.2) is 18.2 Å². The predicted molar refractivity (Wildman–Crippen MR) is 74.1 cm³/mol. The number of hydrogen-bond donors (Lipinski definition) is 2. The minimum absolute atomic E-state index is 0.149. The van der Waals surface area contributed by atoms with Crippen molar-refractivity contribution >= 4 is 29.2 Å². The number of carbonyl (C=O) groups is 1. The number of aliphatic carboxylic acids is 1. The fourth-order valence-corrected chi connectivity index (χ4v) is 2.49. The fraction of sp³-hybridized carbons (Fsp3) is 0.462. The Morgan fingerprint density at radius 1 is 1.39 bits per heavy atom. The van der Waals surface area contributed by atoms with Crippen LogP contribution in [0.5, 0.6) is 0 Å². The van der Waals surface area contributed by atoms with Crippen molar-refractivity contribution in [3.8, 4) is 0 Å². The number of rotatable bonds is 6. The minimum atomic E-state index is -0.852. The highest BCUT2D eigenvalue weighted by molar-refractivity contribution is 6.35. The van der Waals surface area contributed by atoms with E-state index in [9.17, 15) is 4.79 Å². The molecule has 0 bridgehead atoms. The molecule has 0 aliphatic rings. The molecule has 0 aliphatic heterocycles. The highest BCUT2D eigenvalue weighted by Gasteiger charge is 2.20. The van der Waals surface area contributed by atoms with Crippen molar-refractivity contribution in [2.75, 3.05) is 6.54 Å². The number of carboxylic acids is 1. The van der Waals surface area contributed by atoms with Crippen molar-refractivity contribution in [3.05, 3.63) is 33.8 Å². The van der Waals surface area contributed by atoms with Crippen LogP contribution in [0.25, 0.3) is 0 Å². The lowest BCUT2D eigenvalue weighted by atomic mass is 9.91. The maximum atomic E-state index is 10.9. The molecule has 1 aromatic rings. The van der Waals surface area contributed by atoms with Crippen LogP contribution in [0.3, 0.4) is 0 Å². The maximum Gasteiger partial charge on any atom is 0.307 e. The lowest BCUT2D eigenvalue weighted by Crippen LogP contribution is -2.25. The van der Waals surface area contributed by atoms with Gasteiger partial charge in [0.25, 0.3) is 0 Å². The van der Waals surface area contributed by atoms with Gasteiger partial charge in [-0.3, -0.25) is 4.79 Å². The van der Waals surface area contributed by atoms with Crippen molar-refractivity contribution in [3.63, 3.8) is 0 Å². The van der Waals surface area contributed by atoms with Gasteiger partial charge in [-0.25, -0.2) is 0 Å². The molecule has 0 aromatic heterocycles. The molecule has 2 atom stereocenters. The van der Waals surface area contributed by atoms with Gasteiger partial charge >= 0.3 is 5.97 Å². The molecular weight excluding hydrogens is 273 g/mol. The summed E-state index contributed by atoms with van der Waals surface area (Å²) in [5.74, 6) is -1.21. The monoisotopic (exact) mass is 289 g/mol. The SMILES string of the molecule is CC(Cc1c(Cl)cccc1Cl)CC(CN)C(=O)O. The Morgan fingerprint density at radius 2 is 1.94 bits per heavy atom. The van der Waals surface area contributed by atoms with E-state index in [0.717, 1.165) is 5.56 Å². The Labute approximate surface area is 117 Å². The lowest BCUT2D eigenvalue weighted by molar-refractivity contribution is -0.141. The highest BCUT2D eigenvalue weighted by Crippen LogP contribution is 2.28. The third-order valence-electron chi connectivity index (χ3n) is 2.93. The number of hydrogen-bond acceptors (Lipinski definition) is 2. The van der Waals surface area contributed by atoms with Gasteiger partial charge in [0.1, 0.15) is 0 Å². The molecule has 0 aliphatic carbocycles. The molecule has 100 valence electrons. The first kappa shape index (κ1) is 15.3. The standard InChI is InChI=1S/C13H17Cl2NO2/c1-8(5-9(7-16)13(17)18)6-10-11(14)3-2-4-12(10)15/h2-4,8-9H,5-7,16H2,1H3,(H,17,18). The number of carboxylic acid groups (broad SMARTS) is 1. The van der Waals surface area contributed by atoms with Gasteiger partial charge in [-0.2, -0.15) is 0 Å². The summed E-state index contributed by atoms with van der Waals surface area (Å²) < 4.78 is 0. The third kappa shape index (κ3) is 4.16. The predicted octanol–water partition coefficient (Wildman–Crippen LogP) is 3.22. The van der Waals surface area contributed by atoms with Gasteiger partial charge in [0.2, 0.25) is 0 Å². The quantitative estimate of drug-likeness (QED) is 0.845. The average Bonchev–Trinajstić information content (AvgIpc) is 2.30. The summed E-state index contributed by atoms with van der Waals surface area (Å²) >= 11 is 12.2. The summed E-state index contributed by atoms with van der Waals surface area (Å²) in [6, 6.07) is 5.36. The molecular formula is C13H17Cl2NO2. The second-order valence-electron chi connectivity index (χ2n) is 4.52. The molecule has 3 N–H and O–H groups in total. The second-order valence-corrected chi connectivity index (χ2v) is 5.33. The largest absolute Gasteiger partial charge is 0.481 e. The van der Waals surface area contributed by atoms with Crippen LogP contribution >= 0.6 is 23.2 Å². The van der Waals surface area contributed by atoms with Crippen molar-refractivity contribution < 1.29 is 9.90 Å². The summed E-state index contributed by atoms with van der Waals surface area (Å²) in [5, 5.41) is 10.2. The van der Waals surface area contributed by atoms with Crippen molar-refractivity contribution in [1.82, 2.24) is 0 Å². The number of benzene rings is 1. The van der Waals surface area contributed by atoms with E-state index in [1.165, 1.54) is 0 Å². The first-order valence-corrected chi connectivity index (χ1v) is 6.57. The van der Waals surface area contributed by atoms with Gasteiger partial charge in [0.15, 0.2) is 0 Å². The van der Waals surface area contributed by atoms with E-state index in [1.807, 2.05) is 6.92 Å². The molecule has 18 heavy (non-hydrogen) atoms. The smallest absolute Gasteiger partial charge is 0.307 e. The molecule has 0 saturated heterocycles. The first-order chi connectivity index (χ1) is 8.45. The lowest BCUT2D eigenvalue weighted by Gasteiger charge is -2.17.